The topological polar surface area (TPSA) is 61.9 Å². The zero-order valence-electron chi connectivity index (χ0n) is 19.7. The Labute approximate surface area is 213 Å². The van der Waals surface area contributed by atoms with Crippen LogP contribution in [0.3, 0.4) is 0 Å². The highest BCUT2D eigenvalue weighted by Gasteiger charge is 2.26. The van der Waals surface area contributed by atoms with E-state index < -0.39 is 10.0 Å². The number of hydrogen-bond donors (Lipinski definition) is 1. The maximum atomic E-state index is 12.9. The molecule has 0 aliphatic carbocycles. The summed E-state index contributed by atoms with van der Waals surface area (Å²) in [6.07, 6.45) is 1.77. The van der Waals surface area contributed by atoms with Gasteiger partial charge in [-0.1, -0.05) is 60.7 Å². The second-order valence-corrected chi connectivity index (χ2v) is 10.8. The van der Waals surface area contributed by atoms with Crippen molar-refractivity contribution in [3.63, 3.8) is 0 Å². The molecule has 0 aromatic heterocycles. The molecule has 8 heteroatoms. The van der Waals surface area contributed by atoms with E-state index in [0.717, 1.165) is 31.6 Å². The number of benzene rings is 3. The summed E-state index contributed by atoms with van der Waals surface area (Å²) in [4.78, 5) is 2.45. The van der Waals surface area contributed by atoms with Crippen LogP contribution in [0.5, 0.6) is 0 Å². The fourth-order valence-electron chi connectivity index (χ4n) is 3.98. The van der Waals surface area contributed by atoms with Gasteiger partial charge in [0.15, 0.2) is 5.11 Å². The molecule has 1 heterocycles. The summed E-state index contributed by atoms with van der Waals surface area (Å²) in [5.41, 5.74) is 3.29. The van der Waals surface area contributed by atoms with Crippen LogP contribution in [-0.4, -0.2) is 62.1 Å². The van der Waals surface area contributed by atoms with Gasteiger partial charge in [-0.05, 0) is 60.5 Å². The van der Waals surface area contributed by atoms with E-state index in [9.17, 15) is 8.42 Å². The highest BCUT2D eigenvalue weighted by Crippen LogP contribution is 2.20. The predicted molar refractivity (Wildman–Crippen MR) is 144 cm³/mol. The van der Waals surface area contributed by atoms with E-state index in [-0.39, 0.29) is 4.90 Å². The molecule has 35 heavy (non-hydrogen) atoms. The van der Waals surface area contributed by atoms with Crippen molar-refractivity contribution in [1.82, 2.24) is 9.21 Å². The fraction of sp³-hybridized carbons (Fsp3) is 0.296. The number of morpholine rings is 1. The van der Waals surface area contributed by atoms with Crippen molar-refractivity contribution in [1.29, 1.82) is 0 Å². The van der Waals surface area contributed by atoms with Crippen LogP contribution in [0.4, 0.5) is 5.69 Å². The second-order valence-electron chi connectivity index (χ2n) is 8.43. The van der Waals surface area contributed by atoms with Gasteiger partial charge < -0.3 is 15.0 Å². The quantitative estimate of drug-likeness (QED) is 0.437. The van der Waals surface area contributed by atoms with E-state index in [0.29, 0.717) is 31.4 Å². The highest BCUT2D eigenvalue weighted by molar-refractivity contribution is 7.89. The molecule has 1 fully saturated rings. The first-order valence-electron chi connectivity index (χ1n) is 11.8. The van der Waals surface area contributed by atoms with E-state index in [4.69, 9.17) is 17.0 Å². The third-order valence-electron chi connectivity index (χ3n) is 6.03. The average molecular weight is 510 g/mol. The Morgan fingerprint density at radius 3 is 1.86 bits per heavy atom. The Hall–Kier alpha value is -2.78. The van der Waals surface area contributed by atoms with Gasteiger partial charge in [0.05, 0.1) is 18.1 Å². The largest absolute Gasteiger partial charge is 0.379 e. The van der Waals surface area contributed by atoms with Crippen LogP contribution < -0.4 is 5.32 Å². The van der Waals surface area contributed by atoms with Crippen molar-refractivity contribution in [3.8, 4) is 0 Å². The lowest BCUT2D eigenvalue weighted by Crippen LogP contribution is -2.40. The van der Waals surface area contributed by atoms with Gasteiger partial charge >= 0.3 is 0 Å². The van der Waals surface area contributed by atoms with Crippen LogP contribution >= 0.6 is 12.2 Å². The molecule has 0 amide bonds. The van der Waals surface area contributed by atoms with Crippen LogP contribution in [0, 0.1) is 0 Å². The van der Waals surface area contributed by atoms with Gasteiger partial charge in [-0.2, -0.15) is 4.31 Å². The first-order valence-corrected chi connectivity index (χ1v) is 13.7. The molecule has 1 aliphatic heterocycles. The molecule has 0 unspecified atom stereocenters. The molecule has 0 bridgehead atoms. The van der Waals surface area contributed by atoms with Crippen molar-refractivity contribution in [2.24, 2.45) is 0 Å². The summed E-state index contributed by atoms with van der Waals surface area (Å²) in [5.74, 6) is 0. The monoisotopic (exact) mass is 509 g/mol. The van der Waals surface area contributed by atoms with Crippen molar-refractivity contribution < 1.29 is 13.2 Å². The highest BCUT2D eigenvalue weighted by atomic mass is 32.2. The first kappa shape index (κ1) is 25.3. The zero-order valence-corrected chi connectivity index (χ0v) is 21.3. The lowest BCUT2D eigenvalue weighted by molar-refractivity contribution is 0.0730. The minimum atomic E-state index is -3.52. The number of ether oxygens (including phenoxy) is 1. The third kappa shape index (κ3) is 7.11. The SMILES string of the molecule is O=S(=O)(c1ccc(NC(=S)N(CCc2ccccc2)CCc2ccccc2)cc1)N1CCOCC1. The Balaban J connectivity index is 1.41. The lowest BCUT2D eigenvalue weighted by Gasteiger charge is -2.27. The molecule has 0 saturated carbocycles. The van der Waals surface area contributed by atoms with Gasteiger partial charge in [-0.15, -0.1) is 0 Å². The standard InChI is InChI=1S/C27H31N3O3S2/c31-35(32,30-19-21-33-22-20-30)26-13-11-25(12-14-26)28-27(34)29(17-15-23-7-3-1-4-8-23)18-16-24-9-5-2-6-10-24/h1-14H,15-22H2,(H,28,34). The maximum absolute atomic E-state index is 12.9. The minimum absolute atomic E-state index is 0.279. The molecule has 6 nitrogen and oxygen atoms in total. The summed E-state index contributed by atoms with van der Waals surface area (Å²) < 4.78 is 32.5. The Bertz CT molecular complexity index is 1140. The van der Waals surface area contributed by atoms with Crippen molar-refractivity contribution in [3.05, 3.63) is 96.1 Å². The molecular formula is C27H31N3O3S2. The van der Waals surface area contributed by atoms with Crippen LogP contribution in [0.2, 0.25) is 0 Å². The lowest BCUT2D eigenvalue weighted by atomic mass is 10.1. The van der Waals surface area contributed by atoms with Crippen molar-refractivity contribution >= 4 is 33.0 Å². The Kier molecular flexibility index (Phi) is 8.87. The Morgan fingerprint density at radius 1 is 0.829 bits per heavy atom. The minimum Gasteiger partial charge on any atom is -0.379 e. The molecule has 0 spiro atoms. The fourth-order valence-corrected chi connectivity index (χ4v) is 5.69. The van der Waals surface area contributed by atoms with Crippen molar-refractivity contribution in [2.75, 3.05) is 44.7 Å². The molecule has 3 aromatic carbocycles. The number of nitrogens with one attached hydrogen (secondary N) is 1. The van der Waals surface area contributed by atoms with E-state index in [1.54, 1.807) is 24.3 Å². The van der Waals surface area contributed by atoms with E-state index >= 15 is 0 Å². The number of thiocarbonyl (C=S) groups is 1. The summed E-state index contributed by atoms with van der Waals surface area (Å²) in [6.45, 7) is 3.18. The third-order valence-corrected chi connectivity index (χ3v) is 8.30. The number of nitrogens with zero attached hydrogens (tertiary/aromatic N) is 2. The number of hydrogen-bond acceptors (Lipinski definition) is 4. The Morgan fingerprint density at radius 2 is 1.34 bits per heavy atom. The van der Waals surface area contributed by atoms with Crippen LogP contribution in [0.15, 0.2) is 89.8 Å². The van der Waals surface area contributed by atoms with Gasteiger partial charge in [0.25, 0.3) is 0 Å². The molecule has 1 aliphatic rings. The molecular weight excluding hydrogens is 478 g/mol. The molecule has 1 saturated heterocycles. The van der Waals surface area contributed by atoms with E-state index in [1.807, 2.05) is 36.4 Å². The van der Waals surface area contributed by atoms with Crippen LogP contribution in [-0.2, 0) is 27.6 Å². The summed E-state index contributed by atoms with van der Waals surface area (Å²) in [6, 6.07) is 27.5. The predicted octanol–water partition coefficient (Wildman–Crippen LogP) is 4.19. The van der Waals surface area contributed by atoms with Gasteiger partial charge in [-0.3, -0.25) is 0 Å². The maximum Gasteiger partial charge on any atom is 0.243 e. The average Bonchev–Trinajstić information content (AvgIpc) is 2.90. The smallest absolute Gasteiger partial charge is 0.243 e. The molecule has 0 radical (unpaired) electrons. The number of anilines is 1. The van der Waals surface area contributed by atoms with Gasteiger partial charge in [-0.25, -0.2) is 8.42 Å². The summed E-state index contributed by atoms with van der Waals surface area (Å²) >= 11 is 5.77. The van der Waals surface area contributed by atoms with Crippen LogP contribution in [0.25, 0.3) is 0 Å². The first-order chi connectivity index (χ1) is 17.0. The summed E-state index contributed by atoms with van der Waals surface area (Å²) in [5, 5.41) is 3.93. The van der Waals surface area contributed by atoms with Crippen molar-refractivity contribution in [2.45, 2.75) is 17.7 Å². The normalized spacial score (nSPS) is 14.4. The van der Waals surface area contributed by atoms with E-state index in [2.05, 4.69) is 34.5 Å². The van der Waals surface area contributed by atoms with Gasteiger partial charge in [0.1, 0.15) is 0 Å². The summed E-state index contributed by atoms with van der Waals surface area (Å²) in [7, 11) is -3.52. The number of rotatable bonds is 9. The second kappa shape index (κ2) is 12.3. The number of sulfonamides is 1. The molecule has 1 N–H and O–H groups in total. The van der Waals surface area contributed by atoms with Gasteiger partial charge in [0, 0.05) is 31.9 Å². The van der Waals surface area contributed by atoms with Gasteiger partial charge in [0.2, 0.25) is 10.0 Å². The molecule has 0 atom stereocenters. The zero-order chi connectivity index (χ0) is 24.5. The molecule has 4 rings (SSSR count). The van der Waals surface area contributed by atoms with E-state index in [1.165, 1.54) is 15.4 Å². The molecule has 184 valence electrons. The van der Waals surface area contributed by atoms with Crippen LogP contribution in [0.1, 0.15) is 11.1 Å². The molecule has 3 aromatic rings.